The van der Waals surface area contributed by atoms with Crippen molar-refractivity contribution in [2.24, 2.45) is 5.73 Å². The van der Waals surface area contributed by atoms with Crippen LogP contribution < -0.4 is 5.73 Å². The molecule has 0 bridgehead atoms. The molecule has 60 valence electrons. The van der Waals surface area contributed by atoms with Crippen LogP contribution in [0.4, 0.5) is 0 Å². The van der Waals surface area contributed by atoms with Gasteiger partial charge in [-0.05, 0) is 6.42 Å². The van der Waals surface area contributed by atoms with Crippen molar-refractivity contribution in [2.45, 2.75) is 26.7 Å². The minimum Gasteiger partial charge on any atom is -0.481 e. The van der Waals surface area contributed by atoms with Crippen molar-refractivity contribution in [3.63, 3.8) is 0 Å². The van der Waals surface area contributed by atoms with E-state index in [-0.39, 0.29) is 5.84 Å². The number of carbonyl (C=O) groups is 1. The van der Waals surface area contributed by atoms with E-state index in [1.54, 1.807) is 0 Å². The Morgan fingerprint density at radius 2 is 2.00 bits per heavy atom. The summed E-state index contributed by atoms with van der Waals surface area (Å²) in [7, 11) is 0. The van der Waals surface area contributed by atoms with Gasteiger partial charge in [-0.15, -0.1) is 0 Å². The molecule has 0 aromatic heterocycles. The van der Waals surface area contributed by atoms with Crippen molar-refractivity contribution < 1.29 is 9.90 Å². The van der Waals surface area contributed by atoms with Crippen LogP contribution in [0.2, 0.25) is 0 Å². The number of hydrogen-bond donors (Lipinski definition) is 3. The van der Waals surface area contributed by atoms with Crippen LogP contribution in [0.25, 0.3) is 0 Å². The summed E-state index contributed by atoms with van der Waals surface area (Å²) in [6, 6.07) is 0. The van der Waals surface area contributed by atoms with Gasteiger partial charge in [-0.1, -0.05) is 6.92 Å². The summed E-state index contributed by atoms with van der Waals surface area (Å²) in [5.74, 6) is -0.544. The molecule has 4 N–H and O–H groups in total. The standard InChI is InChI=1S/C4H10N2.C2H4O2/c1-2-3-4(5)6;1-2(3)4/h2-3H2,1H3,(H3,5,6);1H3,(H,3,4). The molecule has 0 aliphatic heterocycles. The topological polar surface area (TPSA) is 87.2 Å². The molecule has 10 heavy (non-hydrogen) atoms. The molecule has 0 atom stereocenters. The number of aliphatic carboxylic acids is 1. The largest absolute Gasteiger partial charge is 0.481 e. The van der Waals surface area contributed by atoms with E-state index >= 15 is 0 Å². The fourth-order valence-electron chi connectivity index (χ4n) is 0.269. The predicted octanol–water partition coefficient (Wildman–Crippen LogP) is 0.813. The van der Waals surface area contributed by atoms with Gasteiger partial charge in [0.05, 0.1) is 5.84 Å². The molecule has 0 aromatic rings. The third-order valence-electron chi connectivity index (χ3n) is 0.519. The van der Waals surface area contributed by atoms with Gasteiger partial charge in [0.25, 0.3) is 5.97 Å². The highest BCUT2D eigenvalue weighted by Crippen LogP contribution is 1.80. The third kappa shape index (κ3) is 65.1. The number of carboxylic acid groups (broad SMARTS) is 1. The highest BCUT2D eigenvalue weighted by atomic mass is 16.4. The summed E-state index contributed by atoms with van der Waals surface area (Å²) in [5.41, 5.74) is 4.99. The van der Waals surface area contributed by atoms with Gasteiger partial charge in [0.1, 0.15) is 0 Å². The Kier molecular flexibility index (Phi) is 9.29. The Hall–Kier alpha value is -1.06. The van der Waals surface area contributed by atoms with Gasteiger partial charge in [0.2, 0.25) is 0 Å². The predicted molar refractivity (Wildman–Crippen MR) is 40.1 cm³/mol. The molecule has 0 unspecified atom stereocenters. The fraction of sp³-hybridized carbons (Fsp3) is 0.667. The number of carboxylic acids is 1. The summed E-state index contributed by atoms with van der Waals surface area (Å²) < 4.78 is 0. The molecule has 4 heteroatoms. The highest BCUT2D eigenvalue weighted by Gasteiger charge is 1.79. The second kappa shape index (κ2) is 7.94. The van der Waals surface area contributed by atoms with E-state index in [2.05, 4.69) is 0 Å². The van der Waals surface area contributed by atoms with E-state index in [0.717, 1.165) is 19.8 Å². The van der Waals surface area contributed by atoms with Crippen molar-refractivity contribution in [3.8, 4) is 0 Å². The molecule has 0 aliphatic carbocycles. The maximum Gasteiger partial charge on any atom is 0.300 e. The van der Waals surface area contributed by atoms with Gasteiger partial charge in [0.15, 0.2) is 0 Å². The van der Waals surface area contributed by atoms with Crippen LogP contribution >= 0.6 is 0 Å². The molecule has 0 heterocycles. The molecule has 0 rings (SSSR count). The van der Waals surface area contributed by atoms with Crippen LogP contribution in [0, 0.1) is 5.41 Å². The molecular formula is C6H14N2O2. The van der Waals surface area contributed by atoms with Crippen molar-refractivity contribution in [1.82, 2.24) is 0 Å². The molecule has 0 radical (unpaired) electrons. The van der Waals surface area contributed by atoms with E-state index < -0.39 is 5.97 Å². The molecule has 0 spiro atoms. The summed E-state index contributed by atoms with van der Waals surface area (Å²) >= 11 is 0. The van der Waals surface area contributed by atoms with E-state index in [9.17, 15) is 0 Å². The zero-order valence-corrected chi connectivity index (χ0v) is 6.35. The zero-order valence-electron chi connectivity index (χ0n) is 6.35. The monoisotopic (exact) mass is 146 g/mol. The second-order valence-electron chi connectivity index (χ2n) is 1.79. The second-order valence-corrected chi connectivity index (χ2v) is 1.79. The van der Waals surface area contributed by atoms with Crippen molar-refractivity contribution in [3.05, 3.63) is 0 Å². The SMILES string of the molecule is CC(=O)O.CCCC(=N)N. The van der Waals surface area contributed by atoms with E-state index in [0.29, 0.717) is 0 Å². The smallest absolute Gasteiger partial charge is 0.300 e. The average Bonchev–Trinajstić information content (AvgIpc) is 1.62. The molecule has 4 nitrogen and oxygen atoms in total. The summed E-state index contributed by atoms with van der Waals surface area (Å²) in [4.78, 5) is 9.00. The van der Waals surface area contributed by atoms with Gasteiger partial charge in [-0.2, -0.15) is 0 Å². The highest BCUT2D eigenvalue weighted by molar-refractivity contribution is 5.76. The minimum absolute atomic E-state index is 0.289. The van der Waals surface area contributed by atoms with Gasteiger partial charge in [-0.25, -0.2) is 0 Å². The Morgan fingerprint density at radius 3 is 2.00 bits per heavy atom. The number of rotatable bonds is 2. The molecule has 0 aromatic carbocycles. The zero-order chi connectivity index (χ0) is 8.57. The first-order chi connectivity index (χ1) is 4.50. The minimum atomic E-state index is -0.833. The van der Waals surface area contributed by atoms with Crippen molar-refractivity contribution >= 4 is 11.8 Å². The number of hydrogen-bond acceptors (Lipinski definition) is 2. The van der Waals surface area contributed by atoms with Crippen LogP contribution in [0.3, 0.4) is 0 Å². The summed E-state index contributed by atoms with van der Waals surface area (Å²) in [6.45, 7) is 3.08. The number of amidine groups is 1. The molecule has 0 fully saturated rings. The third-order valence-corrected chi connectivity index (χ3v) is 0.519. The first-order valence-electron chi connectivity index (χ1n) is 3.03. The Morgan fingerprint density at radius 1 is 1.70 bits per heavy atom. The van der Waals surface area contributed by atoms with Crippen LogP contribution in [-0.4, -0.2) is 16.9 Å². The normalized spacial score (nSPS) is 7.40. The van der Waals surface area contributed by atoms with Crippen LogP contribution in [0.1, 0.15) is 26.7 Å². The summed E-state index contributed by atoms with van der Waals surface area (Å²) in [6.07, 6.45) is 1.72. The molecule has 0 saturated carbocycles. The Labute approximate surface area is 60.6 Å². The lowest BCUT2D eigenvalue weighted by Gasteiger charge is -1.85. The van der Waals surface area contributed by atoms with Gasteiger partial charge in [-0.3, -0.25) is 10.2 Å². The van der Waals surface area contributed by atoms with E-state index in [1.165, 1.54) is 0 Å². The first kappa shape index (κ1) is 11.7. The molecular weight excluding hydrogens is 132 g/mol. The summed E-state index contributed by atoms with van der Waals surface area (Å²) in [5, 5.41) is 14.1. The van der Waals surface area contributed by atoms with Crippen LogP contribution in [0.5, 0.6) is 0 Å². The van der Waals surface area contributed by atoms with E-state index in [4.69, 9.17) is 21.0 Å². The van der Waals surface area contributed by atoms with Gasteiger partial charge >= 0.3 is 0 Å². The Bertz CT molecular complexity index is 108. The number of nitrogens with one attached hydrogen (secondary N) is 1. The van der Waals surface area contributed by atoms with Crippen LogP contribution in [0.15, 0.2) is 0 Å². The van der Waals surface area contributed by atoms with Crippen LogP contribution in [-0.2, 0) is 4.79 Å². The van der Waals surface area contributed by atoms with Crippen molar-refractivity contribution in [1.29, 1.82) is 5.41 Å². The Balaban J connectivity index is 0. The van der Waals surface area contributed by atoms with Crippen molar-refractivity contribution in [2.75, 3.05) is 0 Å². The number of nitrogens with two attached hydrogens (primary N) is 1. The lowest BCUT2D eigenvalue weighted by molar-refractivity contribution is -0.134. The lowest BCUT2D eigenvalue weighted by Crippen LogP contribution is -2.07. The maximum atomic E-state index is 9.00. The van der Waals surface area contributed by atoms with Gasteiger partial charge < -0.3 is 10.8 Å². The lowest BCUT2D eigenvalue weighted by atomic mass is 10.3. The first-order valence-corrected chi connectivity index (χ1v) is 3.03. The molecule has 0 saturated heterocycles. The quantitative estimate of drug-likeness (QED) is 0.398. The molecule has 0 aliphatic rings. The van der Waals surface area contributed by atoms with E-state index in [1.807, 2.05) is 6.92 Å². The molecule has 0 amide bonds. The van der Waals surface area contributed by atoms with Gasteiger partial charge in [0, 0.05) is 13.3 Å². The maximum absolute atomic E-state index is 9.00. The fourth-order valence-corrected chi connectivity index (χ4v) is 0.269. The average molecular weight is 146 g/mol.